The Bertz CT molecular complexity index is 303. The van der Waals surface area contributed by atoms with E-state index in [-0.39, 0.29) is 5.91 Å². The van der Waals surface area contributed by atoms with Gasteiger partial charge in [0.25, 0.3) is 0 Å². The Hall–Kier alpha value is -1.36. The fourth-order valence-corrected chi connectivity index (χ4v) is 1.73. The van der Waals surface area contributed by atoms with Gasteiger partial charge in [-0.2, -0.15) is 0 Å². The van der Waals surface area contributed by atoms with Crippen LogP contribution in [0.15, 0.2) is 12.4 Å². The summed E-state index contributed by atoms with van der Waals surface area (Å²) in [5.74, 6) is 1.12. The normalized spacial score (nSPS) is 16.7. The molecule has 1 aliphatic rings. The molecule has 2 heterocycles. The van der Waals surface area contributed by atoms with Gasteiger partial charge >= 0.3 is 0 Å². The van der Waals surface area contributed by atoms with Crippen molar-refractivity contribution >= 4 is 5.91 Å². The maximum Gasteiger partial charge on any atom is 0.223 e. The molecule has 1 saturated heterocycles. The van der Waals surface area contributed by atoms with Gasteiger partial charge in [0.05, 0.1) is 0 Å². The molecular weight excluding hydrogens is 192 g/mol. The molecule has 0 radical (unpaired) electrons. The molecule has 0 aromatic carbocycles. The summed E-state index contributed by atoms with van der Waals surface area (Å²) < 4.78 is 0. The standard InChI is InChI=1S/C10H16N4O/c15-10(14-7-5-11-6-8-14)2-1-9-12-3-4-13-9/h3-4,11H,1-2,5-8H2,(H,12,13). The summed E-state index contributed by atoms with van der Waals surface area (Å²) >= 11 is 0. The van der Waals surface area contributed by atoms with Gasteiger partial charge < -0.3 is 15.2 Å². The van der Waals surface area contributed by atoms with E-state index >= 15 is 0 Å². The van der Waals surface area contributed by atoms with Crippen molar-refractivity contribution in [2.75, 3.05) is 26.2 Å². The van der Waals surface area contributed by atoms with Gasteiger partial charge in [-0.1, -0.05) is 0 Å². The second-order valence-corrected chi connectivity index (χ2v) is 3.67. The molecule has 82 valence electrons. The maximum absolute atomic E-state index is 11.7. The van der Waals surface area contributed by atoms with Crippen LogP contribution in [0.5, 0.6) is 0 Å². The van der Waals surface area contributed by atoms with Crippen LogP contribution in [0.1, 0.15) is 12.2 Å². The molecule has 0 bridgehead atoms. The molecule has 1 amide bonds. The lowest BCUT2D eigenvalue weighted by molar-refractivity contribution is -0.131. The van der Waals surface area contributed by atoms with Gasteiger partial charge in [-0.05, 0) is 0 Å². The number of nitrogens with one attached hydrogen (secondary N) is 2. The van der Waals surface area contributed by atoms with E-state index in [0.29, 0.717) is 12.8 Å². The van der Waals surface area contributed by atoms with E-state index in [4.69, 9.17) is 0 Å². The molecule has 15 heavy (non-hydrogen) atoms. The highest BCUT2D eigenvalue weighted by Crippen LogP contribution is 2.01. The van der Waals surface area contributed by atoms with Gasteiger partial charge in [-0.3, -0.25) is 4.79 Å². The zero-order valence-corrected chi connectivity index (χ0v) is 8.70. The van der Waals surface area contributed by atoms with Crippen molar-refractivity contribution in [1.29, 1.82) is 0 Å². The minimum Gasteiger partial charge on any atom is -0.349 e. The number of amides is 1. The van der Waals surface area contributed by atoms with Gasteiger partial charge in [-0.15, -0.1) is 0 Å². The van der Waals surface area contributed by atoms with Gasteiger partial charge in [0.2, 0.25) is 5.91 Å². The zero-order chi connectivity index (χ0) is 10.5. The molecule has 1 aliphatic heterocycles. The number of aryl methyl sites for hydroxylation is 1. The smallest absolute Gasteiger partial charge is 0.223 e. The van der Waals surface area contributed by atoms with Crippen LogP contribution >= 0.6 is 0 Å². The van der Waals surface area contributed by atoms with Crippen molar-refractivity contribution in [3.63, 3.8) is 0 Å². The number of carbonyl (C=O) groups excluding carboxylic acids is 1. The minimum absolute atomic E-state index is 0.230. The predicted octanol–water partition coefficient (Wildman–Crippen LogP) is -0.226. The summed E-state index contributed by atoms with van der Waals surface area (Å²) in [7, 11) is 0. The van der Waals surface area contributed by atoms with E-state index in [1.807, 2.05) is 4.90 Å². The summed E-state index contributed by atoms with van der Waals surface area (Å²) in [5, 5.41) is 3.23. The van der Waals surface area contributed by atoms with Crippen LogP contribution in [0.4, 0.5) is 0 Å². The van der Waals surface area contributed by atoms with Crippen LogP contribution in [0.25, 0.3) is 0 Å². The summed E-state index contributed by atoms with van der Waals surface area (Å²) in [6.07, 6.45) is 4.75. The van der Waals surface area contributed by atoms with Crippen molar-refractivity contribution < 1.29 is 4.79 Å². The molecule has 0 atom stereocenters. The molecule has 2 rings (SSSR count). The quantitative estimate of drug-likeness (QED) is 0.721. The summed E-state index contributed by atoms with van der Waals surface area (Å²) in [6, 6.07) is 0. The van der Waals surface area contributed by atoms with E-state index in [0.717, 1.165) is 32.0 Å². The van der Waals surface area contributed by atoms with Gasteiger partial charge in [0, 0.05) is 51.4 Å². The lowest BCUT2D eigenvalue weighted by Crippen LogP contribution is -2.46. The Kier molecular flexibility index (Phi) is 3.34. The number of aromatic nitrogens is 2. The van der Waals surface area contributed by atoms with Crippen molar-refractivity contribution in [2.24, 2.45) is 0 Å². The van der Waals surface area contributed by atoms with Gasteiger partial charge in [0.1, 0.15) is 5.82 Å². The number of piperazine rings is 1. The average Bonchev–Trinajstić information content (AvgIpc) is 2.80. The first kappa shape index (κ1) is 10.2. The van der Waals surface area contributed by atoms with E-state index in [1.54, 1.807) is 12.4 Å². The first-order valence-corrected chi connectivity index (χ1v) is 5.33. The molecule has 1 aromatic heterocycles. The monoisotopic (exact) mass is 208 g/mol. The largest absolute Gasteiger partial charge is 0.349 e. The highest BCUT2D eigenvalue weighted by Gasteiger charge is 2.15. The molecule has 1 fully saturated rings. The van der Waals surface area contributed by atoms with Crippen molar-refractivity contribution in [2.45, 2.75) is 12.8 Å². The van der Waals surface area contributed by atoms with E-state index in [9.17, 15) is 4.79 Å². The van der Waals surface area contributed by atoms with E-state index < -0.39 is 0 Å². The number of hydrogen-bond donors (Lipinski definition) is 2. The lowest BCUT2D eigenvalue weighted by Gasteiger charge is -2.27. The minimum atomic E-state index is 0.230. The Morgan fingerprint density at radius 2 is 2.27 bits per heavy atom. The number of nitrogens with zero attached hydrogens (tertiary/aromatic N) is 2. The number of H-pyrrole nitrogens is 1. The van der Waals surface area contributed by atoms with Crippen LogP contribution in [-0.4, -0.2) is 47.0 Å². The number of carbonyl (C=O) groups is 1. The molecule has 2 N–H and O–H groups in total. The molecule has 0 aliphatic carbocycles. The Morgan fingerprint density at radius 1 is 1.47 bits per heavy atom. The maximum atomic E-state index is 11.7. The molecule has 5 heteroatoms. The Morgan fingerprint density at radius 3 is 2.93 bits per heavy atom. The second kappa shape index (κ2) is 4.93. The van der Waals surface area contributed by atoms with Gasteiger partial charge in [-0.25, -0.2) is 4.98 Å². The third kappa shape index (κ3) is 2.79. The molecule has 1 aromatic rings. The average molecular weight is 208 g/mol. The molecule has 0 spiro atoms. The van der Waals surface area contributed by atoms with Crippen LogP contribution in [0, 0.1) is 0 Å². The first-order valence-electron chi connectivity index (χ1n) is 5.33. The van der Waals surface area contributed by atoms with E-state index in [1.165, 1.54) is 0 Å². The Labute approximate surface area is 88.9 Å². The SMILES string of the molecule is O=C(CCc1ncc[nH]1)N1CCNCC1. The topological polar surface area (TPSA) is 61.0 Å². The van der Waals surface area contributed by atoms with Crippen LogP contribution < -0.4 is 5.32 Å². The van der Waals surface area contributed by atoms with Crippen LogP contribution in [0.2, 0.25) is 0 Å². The fraction of sp³-hybridized carbons (Fsp3) is 0.600. The second-order valence-electron chi connectivity index (χ2n) is 3.67. The molecule has 5 nitrogen and oxygen atoms in total. The third-order valence-electron chi connectivity index (χ3n) is 2.60. The molecule has 0 unspecified atom stereocenters. The van der Waals surface area contributed by atoms with Crippen LogP contribution in [0.3, 0.4) is 0 Å². The third-order valence-corrected chi connectivity index (χ3v) is 2.60. The summed E-state index contributed by atoms with van der Waals surface area (Å²) in [6.45, 7) is 3.48. The zero-order valence-electron chi connectivity index (χ0n) is 8.70. The molecule has 0 saturated carbocycles. The lowest BCUT2D eigenvalue weighted by atomic mass is 10.2. The summed E-state index contributed by atoms with van der Waals surface area (Å²) in [4.78, 5) is 20.8. The first-order chi connectivity index (χ1) is 7.36. The van der Waals surface area contributed by atoms with Crippen molar-refractivity contribution in [3.05, 3.63) is 18.2 Å². The number of hydrogen-bond acceptors (Lipinski definition) is 3. The van der Waals surface area contributed by atoms with Crippen LogP contribution in [-0.2, 0) is 11.2 Å². The number of rotatable bonds is 3. The van der Waals surface area contributed by atoms with Crippen molar-refractivity contribution in [3.8, 4) is 0 Å². The fourth-order valence-electron chi connectivity index (χ4n) is 1.73. The summed E-state index contributed by atoms with van der Waals surface area (Å²) in [5.41, 5.74) is 0. The Balaban J connectivity index is 1.76. The van der Waals surface area contributed by atoms with E-state index in [2.05, 4.69) is 15.3 Å². The number of aromatic amines is 1. The number of imidazole rings is 1. The highest BCUT2D eigenvalue weighted by atomic mass is 16.2. The van der Waals surface area contributed by atoms with Crippen molar-refractivity contribution in [1.82, 2.24) is 20.2 Å². The predicted molar refractivity (Wildman–Crippen MR) is 56.4 cm³/mol. The van der Waals surface area contributed by atoms with Gasteiger partial charge in [0.15, 0.2) is 0 Å². The highest BCUT2D eigenvalue weighted by molar-refractivity contribution is 5.76. The molecular formula is C10H16N4O.